The third-order valence-corrected chi connectivity index (χ3v) is 2.03. The summed E-state index contributed by atoms with van der Waals surface area (Å²) < 4.78 is 5.45. The molecule has 0 unspecified atom stereocenters. The van der Waals surface area contributed by atoms with E-state index in [0.717, 1.165) is 11.6 Å². The van der Waals surface area contributed by atoms with Gasteiger partial charge in [0, 0.05) is 6.08 Å². The van der Waals surface area contributed by atoms with Crippen LogP contribution in [0.5, 0.6) is 5.75 Å². The van der Waals surface area contributed by atoms with E-state index < -0.39 is 5.97 Å². The Kier molecular flexibility index (Phi) is 4.38. The van der Waals surface area contributed by atoms with Gasteiger partial charge in [-0.3, -0.25) is 0 Å². The highest BCUT2D eigenvalue weighted by Crippen LogP contribution is 2.26. The van der Waals surface area contributed by atoms with Crippen molar-refractivity contribution in [1.29, 1.82) is 0 Å². The summed E-state index contributed by atoms with van der Waals surface area (Å²) in [7, 11) is 0. The van der Waals surface area contributed by atoms with E-state index in [9.17, 15) is 4.79 Å². The van der Waals surface area contributed by atoms with E-state index in [4.69, 9.17) is 21.4 Å². The second-order valence-electron chi connectivity index (χ2n) is 3.53. The fraction of sp³-hybridized carbons (Fsp3) is 0.250. The van der Waals surface area contributed by atoms with Crippen LogP contribution in [-0.4, -0.2) is 17.2 Å². The molecule has 0 saturated heterocycles. The lowest BCUT2D eigenvalue weighted by Crippen LogP contribution is -2.05. The number of halogens is 1. The Morgan fingerprint density at radius 3 is 2.69 bits per heavy atom. The number of carboxylic acid groups (broad SMARTS) is 1. The van der Waals surface area contributed by atoms with Crippen LogP contribution in [0, 0.1) is 0 Å². The fourth-order valence-corrected chi connectivity index (χ4v) is 1.37. The molecular formula is C12H13ClO3. The highest BCUT2D eigenvalue weighted by molar-refractivity contribution is 6.32. The van der Waals surface area contributed by atoms with Crippen LogP contribution in [-0.2, 0) is 4.79 Å². The Morgan fingerprint density at radius 2 is 2.19 bits per heavy atom. The summed E-state index contributed by atoms with van der Waals surface area (Å²) in [5.74, 6) is -0.386. The van der Waals surface area contributed by atoms with E-state index in [2.05, 4.69) is 0 Å². The Balaban J connectivity index is 2.86. The number of hydrogen-bond donors (Lipinski definition) is 1. The first-order chi connectivity index (χ1) is 7.49. The maximum Gasteiger partial charge on any atom is 0.328 e. The lowest BCUT2D eigenvalue weighted by Gasteiger charge is -2.11. The third kappa shape index (κ3) is 3.95. The smallest absolute Gasteiger partial charge is 0.328 e. The number of hydrogen-bond acceptors (Lipinski definition) is 2. The van der Waals surface area contributed by atoms with Crippen LogP contribution in [0.4, 0.5) is 0 Å². The fourth-order valence-electron chi connectivity index (χ4n) is 1.14. The molecule has 4 heteroatoms. The molecule has 0 aromatic heterocycles. The average Bonchev–Trinajstić information content (AvgIpc) is 2.18. The van der Waals surface area contributed by atoms with Crippen LogP contribution in [0.3, 0.4) is 0 Å². The summed E-state index contributed by atoms with van der Waals surface area (Å²) >= 11 is 5.98. The lowest BCUT2D eigenvalue weighted by molar-refractivity contribution is -0.131. The molecule has 0 aliphatic heterocycles. The van der Waals surface area contributed by atoms with Crippen molar-refractivity contribution in [2.75, 3.05) is 0 Å². The van der Waals surface area contributed by atoms with Crippen molar-refractivity contribution in [3.05, 3.63) is 34.9 Å². The van der Waals surface area contributed by atoms with E-state index in [1.165, 1.54) is 6.08 Å². The van der Waals surface area contributed by atoms with Gasteiger partial charge in [-0.05, 0) is 37.6 Å². The second-order valence-corrected chi connectivity index (χ2v) is 3.94. The molecule has 16 heavy (non-hydrogen) atoms. The summed E-state index contributed by atoms with van der Waals surface area (Å²) in [5, 5.41) is 8.95. The van der Waals surface area contributed by atoms with Gasteiger partial charge in [-0.1, -0.05) is 17.7 Å². The molecule has 0 saturated carbocycles. The third-order valence-electron chi connectivity index (χ3n) is 1.74. The van der Waals surface area contributed by atoms with Gasteiger partial charge in [0.15, 0.2) is 0 Å². The molecular weight excluding hydrogens is 228 g/mol. The number of rotatable bonds is 4. The minimum atomic E-state index is -0.987. The molecule has 0 spiro atoms. The molecule has 86 valence electrons. The predicted molar refractivity (Wildman–Crippen MR) is 63.9 cm³/mol. The van der Waals surface area contributed by atoms with Crippen LogP contribution < -0.4 is 4.74 Å². The van der Waals surface area contributed by atoms with Crippen LogP contribution >= 0.6 is 11.6 Å². The summed E-state index contributed by atoms with van der Waals surface area (Å²) in [6.07, 6.45) is 2.60. The van der Waals surface area contributed by atoms with Gasteiger partial charge in [0.1, 0.15) is 5.75 Å². The van der Waals surface area contributed by atoms with Crippen molar-refractivity contribution in [1.82, 2.24) is 0 Å². The predicted octanol–water partition coefficient (Wildman–Crippen LogP) is 3.23. The summed E-state index contributed by atoms with van der Waals surface area (Å²) in [6, 6.07) is 5.14. The van der Waals surface area contributed by atoms with Gasteiger partial charge in [-0.2, -0.15) is 0 Å². The molecule has 0 atom stereocenters. The number of benzene rings is 1. The van der Waals surface area contributed by atoms with Gasteiger partial charge < -0.3 is 9.84 Å². The SMILES string of the molecule is CC(C)Oc1ccc(C=CC(=O)O)cc1Cl. The largest absolute Gasteiger partial charge is 0.489 e. The molecule has 0 aliphatic rings. The van der Waals surface area contributed by atoms with Crippen molar-refractivity contribution in [3.63, 3.8) is 0 Å². The molecule has 1 rings (SSSR count). The zero-order valence-corrected chi connectivity index (χ0v) is 9.86. The van der Waals surface area contributed by atoms with Crippen LogP contribution in [0.25, 0.3) is 6.08 Å². The van der Waals surface area contributed by atoms with Gasteiger partial charge in [0.2, 0.25) is 0 Å². The standard InChI is InChI=1S/C12H13ClO3/c1-8(2)16-11-5-3-9(7-10(11)13)4-6-12(14)15/h3-8H,1-2H3,(H,14,15). The molecule has 0 heterocycles. The van der Waals surface area contributed by atoms with Gasteiger partial charge in [0.25, 0.3) is 0 Å². The minimum absolute atomic E-state index is 0.0536. The number of ether oxygens (including phenoxy) is 1. The van der Waals surface area contributed by atoms with Crippen molar-refractivity contribution in [2.24, 2.45) is 0 Å². The van der Waals surface area contributed by atoms with Crippen molar-refractivity contribution >= 4 is 23.6 Å². The van der Waals surface area contributed by atoms with E-state index in [1.807, 2.05) is 13.8 Å². The summed E-state index contributed by atoms with van der Waals surface area (Å²) in [4.78, 5) is 10.3. The molecule has 0 amide bonds. The highest BCUT2D eigenvalue weighted by atomic mass is 35.5. The molecule has 0 aliphatic carbocycles. The summed E-state index contributed by atoms with van der Waals surface area (Å²) in [6.45, 7) is 3.82. The highest BCUT2D eigenvalue weighted by Gasteiger charge is 2.03. The van der Waals surface area contributed by atoms with Gasteiger partial charge in [-0.15, -0.1) is 0 Å². The number of aliphatic carboxylic acids is 1. The maximum absolute atomic E-state index is 10.3. The zero-order chi connectivity index (χ0) is 12.1. The molecule has 0 fully saturated rings. The number of carboxylic acids is 1. The Hall–Kier alpha value is -1.48. The minimum Gasteiger partial charge on any atom is -0.489 e. The lowest BCUT2D eigenvalue weighted by atomic mass is 10.2. The van der Waals surface area contributed by atoms with Crippen molar-refractivity contribution < 1.29 is 14.6 Å². The normalized spacial score (nSPS) is 11.0. The first-order valence-electron chi connectivity index (χ1n) is 4.86. The summed E-state index contributed by atoms with van der Waals surface area (Å²) in [5.41, 5.74) is 0.725. The van der Waals surface area contributed by atoms with E-state index in [1.54, 1.807) is 18.2 Å². The van der Waals surface area contributed by atoms with Crippen molar-refractivity contribution in [2.45, 2.75) is 20.0 Å². The molecule has 1 aromatic rings. The first kappa shape index (κ1) is 12.6. The van der Waals surface area contributed by atoms with Crippen LogP contribution in [0.15, 0.2) is 24.3 Å². The van der Waals surface area contributed by atoms with E-state index >= 15 is 0 Å². The Labute approximate surface area is 99.3 Å². The molecule has 0 bridgehead atoms. The van der Waals surface area contributed by atoms with E-state index in [-0.39, 0.29) is 6.10 Å². The zero-order valence-electron chi connectivity index (χ0n) is 9.11. The maximum atomic E-state index is 10.3. The molecule has 1 N–H and O–H groups in total. The number of carbonyl (C=O) groups is 1. The van der Waals surface area contributed by atoms with Gasteiger partial charge >= 0.3 is 5.97 Å². The Bertz CT molecular complexity index is 411. The second kappa shape index (κ2) is 5.56. The van der Waals surface area contributed by atoms with Crippen LogP contribution in [0.1, 0.15) is 19.4 Å². The Morgan fingerprint density at radius 1 is 1.50 bits per heavy atom. The average molecular weight is 241 g/mol. The van der Waals surface area contributed by atoms with Crippen molar-refractivity contribution in [3.8, 4) is 5.75 Å². The molecule has 1 aromatic carbocycles. The molecule has 0 radical (unpaired) electrons. The first-order valence-corrected chi connectivity index (χ1v) is 5.24. The monoisotopic (exact) mass is 240 g/mol. The van der Waals surface area contributed by atoms with Crippen LogP contribution in [0.2, 0.25) is 5.02 Å². The molecule has 3 nitrogen and oxygen atoms in total. The topological polar surface area (TPSA) is 46.5 Å². The van der Waals surface area contributed by atoms with Gasteiger partial charge in [-0.25, -0.2) is 4.79 Å². The van der Waals surface area contributed by atoms with E-state index in [0.29, 0.717) is 10.8 Å². The van der Waals surface area contributed by atoms with Gasteiger partial charge in [0.05, 0.1) is 11.1 Å². The quantitative estimate of drug-likeness (QED) is 0.822.